The molecule has 0 aliphatic carbocycles. The second-order valence-corrected chi connectivity index (χ2v) is 6.41. The van der Waals surface area contributed by atoms with Gasteiger partial charge in [0.2, 0.25) is 5.88 Å². The molecule has 1 aromatic rings. The second-order valence-electron chi connectivity index (χ2n) is 6.41. The van der Waals surface area contributed by atoms with Crippen molar-refractivity contribution in [2.24, 2.45) is 5.92 Å². The van der Waals surface area contributed by atoms with E-state index in [4.69, 9.17) is 4.74 Å². The number of hydrogen-bond donors (Lipinski definition) is 1. The number of rotatable bonds is 6. The second kappa shape index (κ2) is 6.90. The minimum Gasteiger partial charge on any atom is -0.478 e. The van der Waals surface area contributed by atoms with Crippen LogP contribution in [-0.2, 0) is 12.0 Å². The predicted molar refractivity (Wildman–Crippen MR) is 80.7 cm³/mol. The summed E-state index contributed by atoms with van der Waals surface area (Å²) in [6, 6.07) is 4.21. The minimum atomic E-state index is 0.0416. The highest BCUT2D eigenvalue weighted by molar-refractivity contribution is 5.28. The van der Waals surface area contributed by atoms with Crippen LogP contribution in [0.5, 0.6) is 5.88 Å². The lowest BCUT2D eigenvalue weighted by atomic mass is 9.91. The van der Waals surface area contributed by atoms with Crippen molar-refractivity contribution in [3.63, 3.8) is 0 Å². The van der Waals surface area contributed by atoms with Crippen molar-refractivity contribution in [3.8, 4) is 5.88 Å². The molecule has 0 radical (unpaired) electrons. The van der Waals surface area contributed by atoms with Gasteiger partial charge in [0.05, 0.1) is 12.3 Å². The number of nitrogens with zero attached hydrogens (tertiary/aromatic N) is 1. The third-order valence-corrected chi connectivity index (χ3v) is 2.80. The van der Waals surface area contributed by atoms with Crippen LogP contribution in [0, 0.1) is 5.92 Å². The maximum absolute atomic E-state index is 5.57. The van der Waals surface area contributed by atoms with Crippen LogP contribution in [0.4, 0.5) is 0 Å². The Bertz CT molecular complexity index is 394. The molecule has 0 saturated carbocycles. The fraction of sp³-hybridized carbons (Fsp3) is 0.688. The molecule has 0 amide bonds. The first-order valence-electron chi connectivity index (χ1n) is 7.18. The lowest BCUT2D eigenvalue weighted by Gasteiger charge is -2.20. The summed E-state index contributed by atoms with van der Waals surface area (Å²) in [5.74, 6) is 1.39. The Morgan fingerprint density at radius 3 is 2.47 bits per heavy atom. The third kappa shape index (κ3) is 5.60. The van der Waals surface area contributed by atoms with E-state index in [1.807, 2.05) is 13.0 Å². The normalized spacial score (nSPS) is 11.9. The van der Waals surface area contributed by atoms with E-state index in [9.17, 15) is 0 Å². The van der Waals surface area contributed by atoms with E-state index in [1.54, 1.807) is 0 Å². The third-order valence-electron chi connectivity index (χ3n) is 2.80. The number of aromatic nitrogens is 1. The van der Waals surface area contributed by atoms with E-state index < -0.39 is 0 Å². The Morgan fingerprint density at radius 2 is 1.95 bits per heavy atom. The van der Waals surface area contributed by atoms with E-state index in [0.29, 0.717) is 12.5 Å². The smallest absolute Gasteiger partial charge is 0.213 e. The van der Waals surface area contributed by atoms with Crippen molar-refractivity contribution in [1.82, 2.24) is 10.3 Å². The number of hydrogen-bond acceptors (Lipinski definition) is 3. The zero-order valence-electron chi connectivity index (χ0n) is 13.2. The van der Waals surface area contributed by atoms with Gasteiger partial charge in [-0.1, -0.05) is 34.6 Å². The molecule has 0 fully saturated rings. The minimum absolute atomic E-state index is 0.0416. The van der Waals surface area contributed by atoms with Crippen LogP contribution in [-0.4, -0.2) is 18.1 Å². The molecule has 0 saturated heterocycles. The standard InChI is InChI=1S/C16H28N2O/c1-7-19-15-9-13(11-17-10-12(2)3)8-14(18-15)16(4,5)6/h8-9,12,17H,7,10-11H2,1-6H3. The molecule has 1 N–H and O–H groups in total. The molecule has 0 spiro atoms. The summed E-state index contributed by atoms with van der Waals surface area (Å²) in [6.07, 6.45) is 0. The Kier molecular flexibility index (Phi) is 5.80. The summed E-state index contributed by atoms with van der Waals surface area (Å²) in [6.45, 7) is 15.5. The largest absolute Gasteiger partial charge is 0.478 e. The maximum Gasteiger partial charge on any atom is 0.213 e. The van der Waals surface area contributed by atoms with Crippen LogP contribution in [0.3, 0.4) is 0 Å². The van der Waals surface area contributed by atoms with Gasteiger partial charge in [0, 0.05) is 18.0 Å². The highest BCUT2D eigenvalue weighted by Gasteiger charge is 2.17. The van der Waals surface area contributed by atoms with Gasteiger partial charge in [-0.05, 0) is 31.0 Å². The van der Waals surface area contributed by atoms with Crippen molar-refractivity contribution >= 4 is 0 Å². The molecule has 3 heteroatoms. The average Bonchev–Trinajstić information content (AvgIpc) is 2.27. The molecule has 0 bridgehead atoms. The maximum atomic E-state index is 5.57. The molecule has 0 atom stereocenters. The van der Waals surface area contributed by atoms with E-state index in [1.165, 1.54) is 5.56 Å². The zero-order chi connectivity index (χ0) is 14.5. The quantitative estimate of drug-likeness (QED) is 0.853. The van der Waals surface area contributed by atoms with Crippen molar-refractivity contribution in [2.75, 3.05) is 13.2 Å². The van der Waals surface area contributed by atoms with Gasteiger partial charge in [0.25, 0.3) is 0 Å². The first kappa shape index (κ1) is 16.0. The van der Waals surface area contributed by atoms with Crippen molar-refractivity contribution in [2.45, 2.75) is 53.5 Å². The fourth-order valence-electron chi connectivity index (χ4n) is 1.77. The van der Waals surface area contributed by atoms with Gasteiger partial charge in [0.1, 0.15) is 0 Å². The van der Waals surface area contributed by atoms with Crippen molar-refractivity contribution < 1.29 is 4.74 Å². The molecule has 0 aromatic carbocycles. The monoisotopic (exact) mass is 264 g/mol. The summed E-state index contributed by atoms with van der Waals surface area (Å²) < 4.78 is 5.57. The van der Waals surface area contributed by atoms with E-state index in [2.05, 4.69) is 51.0 Å². The van der Waals surface area contributed by atoms with Gasteiger partial charge < -0.3 is 10.1 Å². The van der Waals surface area contributed by atoms with Crippen LogP contribution in [0.2, 0.25) is 0 Å². The van der Waals surface area contributed by atoms with E-state index in [-0.39, 0.29) is 5.41 Å². The first-order valence-corrected chi connectivity index (χ1v) is 7.18. The van der Waals surface area contributed by atoms with Gasteiger partial charge >= 0.3 is 0 Å². The van der Waals surface area contributed by atoms with Gasteiger partial charge in [-0.25, -0.2) is 4.98 Å². The SMILES string of the molecule is CCOc1cc(CNCC(C)C)cc(C(C)(C)C)n1. The summed E-state index contributed by atoms with van der Waals surface area (Å²) in [5.41, 5.74) is 2.36. The summed E-state index contributed by atoms with van der Waals surface area (Å²) in [5, 5.41) is 3.47. The molecule has 108 valence electrons. The Balaban J connectivity index is 2.87. The fourth-order valence-corrected chi connectivity index (χ4v) is 1.77. The Labute approximate surface area is 117 Å². The van der Waals surface area contributed by atoms with Crippen LogP contribution in [0.1, 0.15) is 52.8 Å². The average molecular weight is 264 g/mol. The predicted octanol–water partition coefficient (Wildman–Crippen LogP) is 3.52. The first-order chi connectivity index (χ1) is 8.82. The highest BCUT2D eigenvalue weighted by Crippen LogP contribution is 2.24. The van der Waals surface area contributed by atoms with Gasteiger partial charge in [0.15, 0.2) is 0 Å². The zero-order valence-corrected chi connectivity index (χ0v) is 13.2. The van der Waals surface area contributed by atoms with Gasteiger partial charge in [-0.2, -0.15) is 0 Å². The molecule has 3 nitrogen and oxygen atoms in total. The summed E-state index contributed by atoms with van der Waals surface area (Å²) in [4.78, 5) is 4.59. The lowest BCUT2D eigenvalue weighted by molar-refractivity contribution is 0.323. The molecule has 1 aromatic heterocycles. The van der Waals surface area contributed by atoms with Crippen LogP contribution in [0.25, 0.3) is 0 Å². The van der Waals surface area contributed by atoms with E-state index in [0.717, 1.165) is 24.7 Å². The molecule has 19 heavy (non-hydrogen) atoms. The highest BCUT2D eigenvalue weighted by atomic mass is 16.5. The molecule has 1 heterocycles. The number of pyridine rings is 1. The van der Waals surface area contributed by atoms with Gasteiger partial charge in [-0.3, -0.25) is 0 Å². The summed E-state index contributed by atoms with van der Waals surface area (Å²) >= 11 is 0. The Hall–Kier alpha value is -1.09. The molecule has 0 aliphatic heterocycles. The van der Waals surface area contributed by atoms with Crippen LogP contribution < -0.4 is 10.1 Å². The number of ether oxygens (including phenoxy) is 1. The summed E-state index contributed by atoms with van der Waals surface area (Å²) in [7, 11) is 0. The topological polar surface area (TPSA) is 34.1 Å². The molecule has 0 unspecified atom stereocenters. The molecule has 0 aliphatic rings. The van der Waals surface area contributed by atoms with Crippen molar-refractivity contribution in [1.29, 1.82) is 0 Å². The molecular weight excluding hydrogens is 236 g/mol. The van der Waals surface area contributed by atoms with Crippen LogP contribution in [0.15, 0.2) is 12.1 Å². The lowest BCUT2D eigenvalue weighted by Crippen LogP contribution is -2.20. The van der Waals surface area contributed by atoms with E-state index >= 15 is 0 Å². The van der Waals surface area contributed by atoms with Crippen LogP contribution >= 0.6 is 0 Å². The number of nitrogens with one attached hydrogen (secondary N) is 1. The van der Waals surface area contributed by atoms with Gasteiger partial charge in [-0.15, -0.1) is 0 Å². The van der Waals surface area contributed by atoms with Crippen molar-refractivity contribution in [3.05, 3.63) is 23.4 Å². The molecular formula is C16H28N2O. The molecule has 1 rings (SSSR count). The Morgan fingerprint density at radius 1 is 1.26 bits per heavy atom.